The molecule has 0 aliphatic carbocycles. The minimum atomic E-state index is -1.14. The number of ether oxygens (including phenoxy) is 2. The molecule has 0 amide bonds. The van der Waals surface area contributed by atoms with Crippen molar-refractivity contribution < 1.29 is 33.6 Å². The fraction of sp³-hybridized carbons (Fsp3) is 0.320. The maximum absolute atomic E-state index is 14.7. The molecule has 0 radical (unpaired) electrons. The van der Waals surface area contributed by atoms with Crippen LogP contribution in [-0.2, 0) is 4.74 Å². The second-order valence-corrected chi connectivity index (χ2v) is 7.91. The summed E-state index contributed by atoms with van der Waals surface area (Å²) >= 11 is 0. The lowest BCUT2D eigenvalue weighted by molar-refractivity contribution is 0.0703. The maximum atomic E-state index is 14.7. The first-order valence-electron chi connectivity index (χ1n) is 10.7. The van der Waals surface area contributed by atoms with Gasteiger partial charge in [0.1, 0.15) is 24.1 Å². The van der Waals surface area contributed by atoms with Crippen LogP contribution in [-0.4, -0.2) is 56.9 Å². The Balaban J connectivity index is 1.52. The average molecular weight is 470 g/mol. The van der Waals surface area contributed by atoms with Crippen LogP contribution in [0.4, 0.5) is 8.78 Å². The van der Waals surface area contributed by atoms with E-state index >= 15 is 0 Å². The molecule has 4 atom stereocenters. The summed E-state index contributed by atoms with van der Waals surface area (Å²) in [7, 11) is 0. The molecule has 1 aromatic heterocycles. The van der Waals surface area contributed by atoms with Gasteiger partial charge in [0.05, 0.1) is 19.8 Å². The number of aliphatic hydroxyl groups excluding tert-OH is 3. The molecule has 2 aromatic carbocycles. The zero-order valence-corrected chi connectivity index (χ0v) is 18.4. The molecule has 1 fully saturated rings. The zero-order valence-electron chi connectivity index (χ0n) is 18.4. The lowest BCUT2D eigenvalue weighted by Crippen LogP contribution is -2.30. The van der Waals surface area contributed by atoms with Gasteiger partial charge in [-0.05, 0) is 36.8 Å². The summed E-state index contributed by atoms with van der Waals surface area (Å²) in [6.45, 7) is 1.49. The van der Waals surface area contributed by atoms with Crippen LogP contribution >= 0.6 is 0 Å². The summed E-state index contributed by atoms with van der Waals surface area (Å²) in [6.07, 6.45) is 0.697. The van der Waals surface area contributed by atoms with Crippen molar-refractivity contribution in [2.24, 2.45) is 0 Å². The predicted molar refractivity (Wildman–Crippen MR) is 119 cm³/mol. The molecule has 0 spiro atoms. The fourth-order valence-corrected chi connectivity index (χ4v) is 3.66. The Hall–Kier alpha value is -3.29. The quantitative estimate of drug-likeness (QED) is 0.480. The van der Waals surface area contributed by atoms with E-state index in [1.165, 1.54) is 18.3 Å². The van der Waals surface area contributed by atoms with Gasteiger partial charge in [-0.1, -0.05) is 24.0 Å². The standard InChI is InChI=1S/C25H24F2N2O5/c1-15(31)25-28-10-11-29(25)18(12-30)7-4-16-2-5-17(6-3-16)19-8-9-21(24(27)23(19)26)34-22-14-33-13-20(22)32/h2-3,5-6,8-11,15,18,20,22,30-32H,12-14H2,1H3/t15-,18-,20?,22-/m0/s1. The van der Waals surface area contributed by atoms with Crippen molar-refractivity contribution >= 4 is 0 Å². The molecule has 7 nitrogen and oxygen atoms in total. The summed E-state index contributed by atoms with van der Waals surface area (Å²) in [6, 6.07) is 8.68. The molecule has 1 aliphatic heterocycles. The van der Waals surface area contributed by atoms with Crippen molar-refractivity contribution in [3.63, 3.8) is 0 Å². The van der Waals surface area contributed by atoms with Crippen LogP contribution < -0.4 is 4.74 Å². The number of rotatable bonds is 6. The van der Waals surface area contributed by atoms with Crippen molar-refractivity contribution in [1.29, 1.82) is 0 Å². The molecule has 0 bridgehead atoms. The first kappa shape index (κ1) is 23.9. The summed E-state index contributed by atoms with van der Waals surface area (Å²) < 4.78 is 41.4. The smallest absolute Gasteiger partial charge is 0.201 e. The fourth-order valence-electron chi connectivity index (χ4n) is 3.66. The number of benzene rings is 2. The highest BCUT2D eigenvalue weighted by molar-refractivity contribution is 5.66. The number of imidazole rings is 1. The number of hydrogen-bond donors (Lipinski definition) is 3. The monoisotopic (exact) mass is 470 g/mol. The molecular weight excluding hydrogens is 446 g/mol. The van der Waals surface area contributed by atoms with E-state index < -0.39 is 36.0 Å². The lowest BCUT2D eigenvalue weighted by atomic mass is 10.0. The van der Waals surface area contributed by atoms with Gasteiger partial charge >= 0.3 is 0 Å². The molecule has 178 valence electrons. The second-order valence-electron chi connectivity index (χ2n) is 7.91. The van der Waals surface area contributed by atoms with Crippen LogP contribution in [0, 0.1) is 23.5 Å². The SMILES string of the molecule is C[C@H](O)c1nccn1[C@@H](C#Cc1ccc(-c2ccc(O[C@H]3COCC3O)c(F)c2F)cc1)CO. The highest BCUT2D eigenvalue weighted by Gasteiger charge is 2.29. The highest BCUT2D eigenvalue weighted by Crippen LogP contribution is 2.31. The number of aliphatic hydroxyl groups is 3. The molecule has 4 rings (SSSR count). The Morgan fingerprint density at radius 1 is 1.18 bits per heavy atom. The van der Waals surface area contributed by atoms with Crippen LogP contribution in [0.2, 0.25) is 0 Å². The van der Waals surface area contributed by atoms with Gasteiger partial charge < -0.3 is 29.4 Å². The number of nitrogens with zero attached hydrogens (tertiary/aromatic N) is 2. The predicted octanol–water partition coefficient (Wildman–Crippen LogP) is 2.61. The molecule has 9 heteroatoms. The summed E-state index contributed by atoms with van der Waals surface area (Å²) in [4.78, 5) is 4.08. The third-order valence-electron chi connectivity index (χ3n) is 5.49. The van der Waals surface area contributed by atoms with Crippen LogP contribution in [0.1, 0.15) is 30.5 Å². The molecular formula is C25H24F2N2O5. The van der Waals surface area contributed by atoms with Gasteiger partial charge in [-0.2, -0.15) is 4.39 Å². The van der Waals surface area contributed by atoms with E-state index in [9.17, 15) is 24.1 Å². The molecule has 3 N–H and O–H groups in total. The van der Waals surface area contributed by atoms with Crippen molar-refractivity contribution in [3.8, 4) is 28.7 Å². The lowest BCUT2D eigenvalue weighted by Gasteiger charge is -2.17. The van der Waals surface area contributed by atoms with E-state index in [-0.39, 0.29) is 31.1 Å². The van der Waals surface area contributed by atoms with Crippen LogP contribution in [0.5, 0.6) is 5.75 Å². The van der Waals surface area contributed by atoms with E-state index in [1.54, 1.807) is 42.0 Å². The van der Waals surface area contributed by atoms with E-state index in [0.29, 0.717) is 17.0 Å². The van der Waals surface area contributed by atoms with Gasteiger partial charge in [-0.25, -0.2) is 9.37 Å². The van der Waals surface area contributed by atoms with Crippen LogP contribution in [0.3, 0.4) is 0 Å². The Kier molecular flexibility index (Phi) is 7.24. The van der Waals surface area contributed by atoms with Gasteiger partial charge in [0.2, 0.25) is 5.82 Å². The van der Waals surface area contributed by atoms with E-state index in [0.717, 1.165) is 0 Å². The third kappa shape index (κ3) is 4.95. The molecule has 0 saturated carbocycles. The number of halogens is 2. The largest absolute Gasteiger partial charge is 0.482 e. The van der Waals surface area contributed by atoms with E-state index in [4.69, 9.17) is 9.47 Å². The molecule has 1 aliphatic rings. The molecule has 1 unspecified atom stereocenters. The summed E-state index contributed by atoms with van der Waals surface area (Å²) in [5.74, 6) is 3.79. The van der Waals surface area contributed by atoms with E-state index in [1.807, 2.05) is 0 Å². The zero-order chi connectivity index (χ0) is 24.2. The average Bonchev–Trinajstić information content (AvgIpc) is 3.48. The van der Waals surface area contributed by atoms with Crippen LogP contribution in [0.25, 0.3) is 11.1 Å². The van der Waals surface area contributed by atoms with Crippen molar-refractivity contribution in [1.82, 2.24) is 9.55 Å². The Morgan fingerprint density at radius 3 is 2.59 bits per heavy atom. The van der Waals surface area contributed by atoms with E-state index in [2.05, 4.69) is 16.8 Å². The maximum Gasteiger partial charge on any atom is 0.201 e. The van der Waals surface area contributed by atoms with Gasteiger partial charge in [0, 0.05) is 23.5 Å². The number of aromatic nitrogens is 2. The second kappa shape index (κ2) is 10.3. The van der Waals surface area contributed by atoms with Gasteiger partial charge in [-0.3, -0.25) is 0 Å². The van der Waals surface area contributed by atoms with Gasteiger partial charge in [0.15, 0.2) is 17.7 Å². The van der Waals surface area contributed by atoms with Crippen molar-refractivity contribution in [2.45, 2.75) is 31.3 Å². The third-order valence-corrected chi connectivity index (χ3v) is 5.49. The molecule has 2 heterocycles. The Labute approximate surface area is 195 Å². The minimum absolute atomic E-state index is 0.0563. The van der Waals surface area contributed by atoms with Crippen LogP contribution in [0.15, 0.2) is 48.8 Å². The first-order valence-corrected chi connectivity index (χ1v) is 10.7. The first-order chi connectivity index (χ1) is 16.4. The molecule has 3 aromatic rings. The normalized spacial score (nSPS) is 19.4. The van der Waals surface area contributed by atoms with Crippen molar-refractivity contribution in [3.05, 3.63) is 71.8 Å². The Bertz CT molecular complexity index is 1200. The summed E-state index contributed by atoms with van der Waals surface area (Å²) in [5, 5.41) is 29.3. The topological polar surface area (TPSA) is 97.0 Å². The highest BCUT2D eigenvalue weighted by atomic mass is 19.2. The van der Waals surface area contributed by atoms with Gasteiger partial charge in [-0.15, -0.1) is 0 Å². The Morgan fingerprint density at radius 2 is 1.94 bits per heavy atom. The molecule has 1 saturated heterocycles. The minimum Gasteiger partial charge on any atom is -0.482 e. The van der Waals surface area contributed by atoms with Gasteiger partial charge in [0.25, 0.3) is 0 Å². The summed E-state index contributed by atoms with van der Waals surface area (Å²) in [5.41, 5.74) is 1.11. The van der Waals surface area contributed by atoms with Crippen molar-refractivity contribution in [2.75, 3.05) is 19.8 Å². The number of hydrogen-bond acceptors (Lipinski definition) is 6. The molecule has 34 heavy (non-hydrogen) atoms.